The fraction of sp³-hybridized carbons (Fsp3) is 0.435. The van der Waals surface area contributed by atoms with Gasteiger partial charge in [-0.2, -0.15) is 0 Å². The van der Waals surface area contributed by atoms with Gasteiger partial charge in [0, 0.05) is 26.1 Å². The van der Waals surface area contributed by atoms with Crippen molar-refractivity contribution >= 4 is 5.97 Å². The highest BCUT2D eigenvalue weighted by atomic mass is 16.6. The number of fused-ring (bicyclic) bond motifs is 4. The summed E-state index contributed by atoms with van der Waals surface area (Å²) in [4.78, 5) is 16.1. The Morgan fingerprint density at radius 2 is 1.78 bits per heavy atom. The van der Waals surface area contributed by atoms with Crippen molar-refractivity contribution in [3.05, 3.63) is 71.3 Å². The van der Waals surface area contributed by atoms with Gasteiger partial charge < -0.3 is 4.74 Å². The molecule has 0 aliphatic carbocycles. The lowest BCUT2D eigenvalue weighted by Crippen LogP contribution is -2.58. The standard InChI is InChI=1S/C23H26N2O2/c26-22(27-21-16-17-11-14-25(21)15-12-17)23(19-7-2-1-3-8-19)20-9-5-4-6-18(20)10-13-24-23/h1-9,17,21,24H,10-16H2. The number of hydrogen-bond acceptors (Lipinski definition) is 4. The topological polar surface area (TPSA) is 41.6 Å². The molecule has 0 radical (unpaired) electrons. The Balaban J connectivity index is 1.55. The molecule has 4 aliphatic heterocycles. The van der Waals surface area contributed by atoms with Gasteiger partial charge in [0.2, 0.25) is 0 Å². The summed E-state index contributed by atoms with van der Waals surface area (Å²) in [6.45, 7) is 2.86. The number of carbonyl (C=O) groups excluding carboxylic acids is 1. The maximum atomic E-state index is 13.7. The molecule has 4 aliphatic rings. The molecule has 2 atom stereocenters. The Bertz CT molecular complexity index is 829. The lowest BCUT2D eigenvalue weighted by molar-refractivity contribution is -0.177. The molecule has 1 N–H and O–H groups in total. The third-order valence-electron chi connectivity index (χ3n) is 6.55. The molecule has 27 heavy (non-hydrogen) atoms. The number of esters is 1. The van der Waals surface area contributed by atoms with Gasteiger partial charge in [0.15, 0.2) is 11.8 Å². The molecule has 4 heteroatoms. The van der Waals surface area contributed by atoms with Crippen molar-refractivity contribution in [3.8, 4) is 0 Å². The van der Waals surface area contributed by atoms with Crippen LogP contribution in [0.3, 0.4) is 0 Å². The zero-order chi connectivity index (χ0) is 18.3. The van der Waals surface area contributed by atoms with E-state index in [1.807, 2.05) is 36.4 Å². The molecule has 3 saturated heterocycles. The van der Waals surface area contributed by atoms with E-state index >= 15 is 0 Å². The summed E-state index contributed by atoms with van der Waals surface area (Å²) >= 11 is 0. The van der Waals surface area contributed by atoms with Gasteiger partial charge in [0.1, 0.15) is 0 Å². The number of rotatable bonds is 3. The van der Waals surface area contributed by atoms with Gasteiger partial charge in [0.05, 0.1) is 0 Å². The third kappa shape index (κ3) is 2.79. The van der Waals surface area contributed by atoms with Crippen LogP contribution in [0.15, 0.2) is 54.6 Å². The van der Waals surface area contributed by atoms with E-state index in [1.54, 1.807) is 0 Å². The van der Waals surface area contributed by atoms with E-state index < -0.39 is 5.54 Å². The Morgan fingerprint density at radius 3 is 2.52 bits per heavy atom. The summed E-state index contributed by atoms with van der Waals surface area (Å²) in [6.07, 6.45) is 4.28. The fourth-order valence-electron chi connectivity index (χ4n) is 5.08. The normalized spacial score (nSPS) is 31.9. The van der Waals surface area contributed by atoms with E-state index in [1.165, 1.54) is 18.4 Å². The average molecular weight is 362 g/mol. The van der Waals surface area contributed by atoms with Gasteiger partial charge in [-0.15, -0.1) is 0 Å². The first-order chi connectivity index (χ1) is 13.3. The van der Waals surface area contributed by atoms with Crippen molar-refractivity contribution < 1.29 is 9.53 Å². The minimum Gasteiger partial charge on any atom is -0.444 e. The maximum absolute atomic E-state index is 13.7. The number of nitrogens with one attached hydrogen (secondary N) is 1. The van der Waals surface area contributed by atoms with Crippen molar-refractivity contribution in [3.63, 3.8) is 0 Å². The minimum atomic E-state index is -0.923. The highest BCUT2D eigenvalue weighted by molar-refractivity contribution is 5.88. The molecule has 0 amide bonds. The minimum absolute atomic E-state index is 0.0820. The Kier molecular flexibility index (Phi) is 4.25. The van der Waals surface area contributed by atoms with E-state index in [-0.39, 0.29) is 12.2 Å². The van der Waals surface area contributed by atoms with Crippen LogP contribution in [0, 0.1) is 5.92 Å². The van der Waals surface area contributed by atoms with Crippen LogP contribution in [0.2, 0.25) is 0 Å². The predicted molar refractivity (Wildman–Crippen MR) is 104 cm³/mol. The first kappa shape index (κ1) is 17.0. The molecule has 140 valence electrons. The monoisotopic (exact) mass is 362 g/mol. The Labute approximate surface area is 160 Å². The molecular weight excluding hydrogens is 336 g/mol. The van der Waals surface area contributed by atoms with Crippen LogP contribution in [-0.4, -0.2) is 36.7 Å². The third-order valence-corrected chi connectivity index (χ3v) is 6.55. The summed E-state index contributed by atoms with van der Waals surface area (Å²) in [5, 5.41) is 3.55. The molecular formula is C23H26N2O2. The molecule has 2 bridgehead atoms. The Morgan fingerprint density at radius 1 is 1.04 bits per heavy atom. The predicted octanol–water partition coefficient (Wildman–Crippen LogP) is 3.06. The van der Waals surface area contributed by atoms with Gasteiger partial charge in [-0.3, -0.25) is 10.2 Å². The van der Waals surface area contributed by atoms with Crippen LogP contribution in [0.1, 0.15) is 36.0 Å². The number of ether oxygens (including phenoxy) is 1. The van der Waals surface area contributed by atoms with Crippen LogP contribution in [0.25, 0.3) is 0 Å². The van der Waals surface area contributed by atoms with E-state index in [0.717, 1.165) is 43.6 Å². The van der Waals surface area contributed by atoms with Gasteiger partial charge >= 0.3 is 5.97 Å². The van der Waals surface area contributed by atoms with E-state index in [4.69, 9.17) is 4.74 Å². The number of nitrogens with zero attached hydrogens (tertiary/aromatic N) is 1. The average Bonchev–Trinajstić information content (AvgIpc) is 2.74. The molecule has 4 nitrogen and oxygen atoms in total. The zero-order valence-corrected chi connectivity index (χ0v) is 15.6. The summed E-state index contributed by atoms with van der Waals surface area (Å²) < 4.78 is 6.20. The van der Waals surface area contributed by atoms with Crippen LogP contribution >= 0.6 is 0 Å². The molecule has 2 aromatic rings. The van der Waals surface area contributed by atoms with Gasteiger partial charge in [0.25, 0.3) is 0 Å². The van der Waals surface area contributed by atoms with Crippen molar-refractivity contribution in [2.75, 3.05) is 19.6 Å². The van der Waals surface area contributed by atoms with Crippen molar-refractivity contribution in [1.29, 1.82) is 0 Å². The number of carbonyl (C=O) groups is 1. The number of benzene rings is 2. The second-order valence-electron chi connectivity index (χ2n) is 8.02. The molecule has 0 aromatic heterocycles. The van der Waals surface area contributed by atoms with Crippen LogP contribution in [-0.2, 0) is 21.5 Å². The number of hydrogen-bond donors (Lipinski definition) is 1. The van der Waals surface area contributed by atoms with Crippen molar-refractivity contribution in [2.24, 2.45) is 5.92 Å². The lowest BCUT2D eigenvalue weighted by atomic mass is 9.77. The van der Waals surface area contributed by atoms with Crippen LogP contribution in [0.5, 0.6) is 0 Å². The molecule has 2 aromatic carbocycles. The SMILES string of the molecule is O=C(OC1CC2CCN1CC2)C1(c2ccccc2)NCCc2ccccc21. The van der Waals surface area contributed by atoms with E-state index in [0.29, 0.717) is 5.92 Å². The fourth-order valence-corrected chi connectivity index (χ4v) is 5.08. The summed E-state index contributed by atoms with van der Waals surface area (Å²) in [7, 11) is 0. The summed E-state index contributed by atoms with van der Waals surface area (Å²) in [5.41, 5.74) is 2.29. The first-order valence-corrected chi connectivity index (χ1v) is 10.1. The largest absolute Gasteiger partial charge is 0.444 e. The van der Waals surface area contributed by atoms with Gasteiger partial charge in [-0.1, -0.05) is 54.6 Å². The number of piperidine rings is 3. The van der Waals surface area contributed by atoms with Gasteiger partial charge in [-0.05, 0) is 41.9 Å². The Hall–Kier alpha value is -2.17. The van der Waals surface area contributed by atoms with E-state index in [9.17, 15) is 4.79 Å². The van der Waals surface area contributed by atoms with Gasteiger partial charge in [-0.25, -0.2) is 4.79 Å². The second-order valence-corrected chi connectivity index (χ2v) is 8.02. The molecule has 3 fully saturated rings. The van der Waals surface area contributed by atoms with Crippen LogP contribution in [0.4, 0.5) is 0 Å². The lowest BCUT2D eigenvalue weighted by Gasteiger charge is -2.46. The first-order valence-electron chi connectivity index (χ1n) is 10.1. The zero-order valence-electron chi connectivity index (χ0n) is 15.6. The smallest absolute Gasteiger partial charge is 0.337 e. The summed E-state index contributed by atoms with van der Waals surface area (Å²) in [6, 6.07) is 18.3. The van der Waals surface area contributed by atoms with Crippen molar-refractivity contribution in [2.45, 2.75) is 37.5 Å². The van der Waals surface area contributed by atoms with Crippen molar-refractivity contribution in [1.82, 2.24) is 10.2 Å². The second kappa shape index (κ2) is 6.77. The molecule has 0 saturated carbocycles. The van der Waals surface area contributed by atoms with Crippen LogP contribution < -0.4 is 5.32 Å². The summed E-state index contributed by atoms with van der Waals surface area (Å²) in [5.74, 6) is 0.533. The quantitative estimate of drug-likeness (QED) is 0.852. The highest BCUT2D eigenvalue weighted by Gasteiger charge is 2.48. The molecule has 4 heterocycles. The maximum Gasteiger partial charge on any atom is 0.337 e. The van der Waals surface area contributed by atoms with E-state index in [2.05, 4.69) is 28.4 Å². The molecule has 0 spiro atoms. The molecule has 6 rings (SSSR count). The molecule has 2 unspecified atom stereocenters. The highest BCUT2D eigenvalue weighted by Crippen LogP contribution is 2.38.